The number of rotatable bonds is 11. The number of carbonyl (C=O) groups is 3. The number of amides is 3. The summed E-state index contributed by atoms with van der Waals surface area (Å²) in [5.74, 6) is -1.26. The van der Waals surface area contributed by atoms with Crippen molar-refractivity contribution in [3.05, 3.63) is 119 Å². The highest BCUT2D eigenvalue weighted by molar-refractivity contribution is 5.96. The van der Waals surface area contributed by atoms with E-state index in [0.29, 0.717) is 16.0 Å². The average Bonchev–Trinajstić information content (AvgIpc) is 3.47. The van der Waals surface area contributed by atoms with E-state index in [-0.39, 0.29) is 6.54 Å². The maximum atomic E-state index is 13.1. The first-order valence-corrected chi connectivity index (χ1v) is 15.8. The normalized spacial score (nSPS) is 15.3. The lowest BCUT2D eigenvalue weighted by Crippen LogP contribution is -2.45. The fraction of sp³-hybridized carbons (Fsp3) is 0.289. The van der Waals surface area contributed by atoms with Crippen LogP contribution in [-0.4, -0.2) is 51.9 Å². The number of benzene rings is 4. The number of urea groups is 1. The number of aryl methyl sites for hydroxylation is 2. The minimum Gasteiger partial charge on any atom is -0.480 e. The van der Waals surface area contributed by atoms with Gasteiger partial charge in [-0.25, -0.2) is 19.3 Å². The van der Waals surface area contributed by atoms with Crippen molar-refractivity contribution in [2.45, 2.75) is 64.2 Å². The molecule has 0 aromatic heterocycles. The van der Waals surface area contributed by atoms with Gasteiger partial charge in [0, 0.05) is 0 Å². The van der Waals surface area contributed by atoms with Crippen molar-refractivity contribution in [3.63, 3.8) is 0 Å². The molecule has 1 aliphatic rings. The largest absolute Gasteiger partial charge is 0.480 e. The van der Waals surface area contributed by atoms with E-state index < -0.39 is 35.8 Å². The van der Waals surface area contributed by atoms with Crippen molar-refractivity contribution in [2.24, 2.45) is 0 Å². The van der Waals surface area contributed by atoms with Crippen LogP contribution in [0, 0.1) is 0 Å². The van der Waals surface area contributed by atoms with Gasteiger partial charge in [0.2, 0.25) is 0 Å². The molecule has 238 valence electrons. The third kappa shape index (κ3) is 6.82. The molecular formula is C38H40N2O6. The Labute approximate surface area is 269 Å². The fourth-order valence-corrected chi connectivity index (χ4v) is 5.91. The first-order chi connectivity index (χ1) is 22.1. The molecule has 1 saturated heterocycles. The van der Waals surface area contributed by atoms with Crippen LogP contribution in [0.1, 0.15) is 55.9 Å². The van der Waals surface area contributed by atoms with E-state index in [1.165, 1.54) is 11.1 Å². The van der Waals surface area contributed by atoms with Gasteiger partial charge in [0.1, 0.15) is 12.1 Å². The first-order valence-electron chi connectivity index (χ1n) is 15.8. The molecule has 1 heterocycles. The number of aliphatic carboxylic acids is 1. The number of carboxylic acids is 1. The van der Waals surface area contributed by atoms with Crippen LogP contribution in [0.2, 0.25) is 0 Å². The molecule has 0 saturated carbocycles. The van der Waals surface area contributed by atoms with Gasteiger partial charge in [-0.2, -0.15) is 0 Å². The van der Waals surface area contributed by atoms with Crippen molar-refractivity contribution in [2.75, 3.05) is 6.54 Å². The number of imide groups is 1. The van der Waals surface area contributed by atoms with E-state index in [9.17, 15) is 24.6 Å². The van der Waals surface area contributed by atoms with Crippen LogP contribution in [0.4, 0.5) is 9.59 Å². The SMILES string of the molecule is CCCc1ccc(-c2ccc(C(O)(c3ccc(-c4ccc(CCC)cc4)cc3)[C@H](C)OC(=O)N3CC(C(=O)O)NC3=O)cc2)cc1. The number of nitrogens with one attached hydrogen (secondary N) is 1. The Hall–Kier alpha value is -4.95. The maximum Gasteiger partial charge on any atom is 0.418 e. The van der Waals surface area contributed by atoms with E-state index in [1.54, 1.807) is 6.92 Å². The monoisotopic (exact) mass is 620 g/mol. The predicted octanol–water partition coefficient (Wildman–Crippen LogP) is 7.17. The quantitative estimate of drug-likeness (QED) is 0.164. The lowest BCUT2D eigenvalue weighted by Gasteiger charge is -2.35. The summed E-state index contributed by atoms with van der Waals surface area (Å²) < 4.78 is 5.69. The van der Waals surface area contributed by atoms with Crippen LogP contribution >= 0.6 is 0 Å². The molecule has 1 unspecified atom stereocenters. The fourth-order valence-electron chi connectivity index (χ4n) is 5.91. The topological polar surface area (TPSA) is 116 Å². The molecule has 4 aromatic rings. The number of nitrogens with zero attached hydrogens (tertiary/aromatic N) is 1. The predicted molar refractivity (Wildman–Crippen MR) is 177 cm³/mol. The zero-order valence-corrected chi connectivity index (χ0v) is 26.4. The minimum atomic E-state index is -1.80. The minimum absolute atomic E-state index is 0.379. The van der Waals surface area contributed by atoms with Gasteiger partial charge in [-0.1, -0.05) is 124 Å². The van der Waals surface area contributed by atoms with Gasteiger partial charge in [0.05, 0.1) is 6.54 Å². The third-order valence-corrected chi connectivity index (χ3v) is 8.59. The maximum absolute atomic E-state index is 13.1. The number of aliphatic hydroxyl groups is 1. The summed E-state index contributed by atoms with van der Waals surface area (Å²) in [6.07, 6.45) is 1.98. The van der Waals surface area contributed by atoms with Crippen LogP contribution < -0.4 is 5.32 Å². The molecule has 8 heteroatoms. The van der Waals surface area contributed by atoms with Gasteiger partial charge < -0.3 is 20.3 Å². The summed E-state index contributed by atoms with van der Waals surface area (Å²) in [6, 6.07) is 29.6. The lowest BCUT2D eigenvalue weighted by atomic mass is 9.81. The Morgan fingerprint density at radius 3 is 1.52 bits per heavy atom. The van der Waals surface area contributed by atoms with Crippen LogP contribution in [-0.2, 0) is 28.0 Å². The van der Waals surface area contributed by atoms with Crippen LogP contribution in [0.25, 0.3) is 22.3 Å². The van der Waals surface area contributed by atoms with Gasteiger partial charge in [-0.05, 0) is 64.3 Å². The highest BCUT2D eigenvalue weighted by Crippen LogP contribution is 2.37. The zero-order chi connectivity index (χ0) is 32.8. The Morgan fingerprint density at radius 1 is 0.783 bits per heavy atom. The van der Waals surface area contributed by atoms with Crippen molar-refractivity contribution in [1.82, 2.24) is 10.2 Å². The van der Waals surface area contributed by atoms with Gasteiger partial charge in [-0.3, -0.25) is 0 Å². The number of carboxylic acid groups (broad SMARTS) is 1. The zero-order valence-electron chi connectivity index (χ0n) is 26.4. The Morgan fingerprint density at radius 2 is 1.17 bits per heavy atom. The highest BCUT2D eigenvalue weighted by atomic mass is 16.6. The molecule has 8 nitrogen and oxygen atoms in total. The van der Waals surface area contributed by atoms with Crippen LogP contribution in [0.15, 0.2) is 97.1 Å². The molecule has 1 aliphatic heterocycles. The highest BCUT2D eigenvalue weighted by Gasteiger charge is 2.44. The molecular weight excluding hydrogens is 580 g/mol. The number of hydrogen-bond acceptors (Lipinski definition) is 5. The Bertz CT molecular complexity index is 1570. The summed E-state index contributed by atoms with van der Waals surface area (Å²) >= 11 is 0. The second-order valence-corrected chi connectivity index (χ2v) is 11.8. The van der Waals surface area contributed by atoms with Gasteiger partial charge in [0.25, 0.3) is 0 Å². The van der Waals surface area contributed by atoms with E-state index in [2.05, 4.69) is 67.7 Å². The van der Waals surface area contributed by atoms with Gasteiger partial charge in [-0.15, -0.1) is 0 Å². The second kappa shape index (κ2) is 14.0. The van der Waals surface area contributed by atoms with Crippen molar-refractivity contribution in [3.8, 4) is 22.3 Å². The first kappa shape index (κ1) is 32.4. The molecule has 0 spiro atoms. The number of hydrogen-bond donors (Lipinski definition) is 3. The van der Waals surface area contributed by atoms with Crippen LogP contribution in [0.3, 0.4) is 0 Å². The number of ether oxygens (including phenoxy) is 1. The molecule has 4 aromatic carbocycles. The summed E-state index contributed by atoms with van der Waals surface area (Å²) in [5.41, 5.74) is 5.74. The molecule has 0 aliphatic carbocycles. The molecule has 0 bridgehead atoms. The van der Waals surface area contributed by atoms with E-state index in [4.69, 9.17) is 4.74 Å². The summed E-state index contributed by atoms with van der Waals surface area (Å²) in [5, 5.41) is 24.0. The Balaban J connectivity index is 1.46. The summed E-state index contributed by atoms with van der Waals surface area (Å²) in [7, 11) is 0. The third-order valence-electron chi connectivity index (χ3n) is 8.59. The van der Waals surface area contributed by atoms with E-state index >= 15 is 0 Å². The smallest absolute Gasteiger partial charge is 0.418 e. The van der Waals surface area contributed by atoms with Crippen molar-refractivity contribution in [1.29, 1.82) is 0 Å². The standard InChI is InChI=1S/C38H40N2O6/c1-4-6-26-8-12-28(13-9-26)30-16-20-32(21-17-30)38(45,25(3)46-37(44)40-24-34(35(41)42)39-36(40)43)33-22-18-31(19-23-33)29-14-10-27(7-5-2)11-15-29/h8-23,25,34,45H,4-7,24H2,1-3H3,(H,39,43)(H,41,42)/t25-,34?/m0/s1. The van der Waals surface area contributed by atoms with E-state index in [0.717, 1.165) is 47.9 Å². The molecule has 1 fully saturated rings. The number of carbonyl (C=O) groups excluding carboxylic acids is 2. The van der Waals surface area contributed by atoms with Gasteiger partial charge in [0.15, 0.2) is 5.60 Å². The lowest BCUT2D eigenvalue weighted by molar-refractivity contribution is -0.138. The summed E-state index contributed by atoms with van der Waals surface area (Å²) in [4.78, 5) is 37.5. The molecule has 46 heavy (non-hydrogen) atoms. The molecule has 3 amide bonds. The molecule has 5 rings (SSSR count). The molecule has 0 radical (unpaired) electrons. The second-order valence-electron chi connectivity index (χ2n) is 11.8. The van der Waals surface area contributed by atoms with Crippen molar-refractivity contribution >= 4 is 18.1 Å². The molecule has 2 atom stereocenters. The summed E-state index contributed by atoms with van der Waals surface area (Å²) in [6.45, 7) is 5.48. The van der Waals surface area contributed by atoms with Crippen molar-refractivity contribution < 1.29 is 29.3 Å². The molecule has 3 N–H and O–H groups in total. The van der Waals surface area contributed by atoms with Gasteiger partial charge >= 0.3 is 18.1 Å². The average molecular weight is 621 g/mol. The Kier molecular flexibility index (Phi) is 9.87. The van der Waals surface area contributed by atoms with Crippen LogP contribution in [0.5, 0.6) is 0 Å². The van der Waals surface area contributed by atoms with E-state index in [1.807, 2.05) is 48.5 Å².